The molecule has 0 saturated carbocycles. The largest absolute Gasteiger partial charge is 0.496 e. The van der Waals surface area contributed by atoms with E-state index in [2.05, 4.69) is 32.3 Å². The second-order valence-corrected chi connectivity index (χ2v) is 5.36. The zero-order valence-electron chi connectivity index (χ0n) is 11.7. The van der Waals surface area contributed by atoms with E-state index in [1.165, 1.54) is 7.11 Å². The van der Waals surface area contributed by atoms with Crippen molar-refractivity contribution in [2.45, 2.75) is 0 Å². The second kappa shape index (κ2) is 7.21. The van der Waals surface area contributed by atoms with Crippen LogP contribution in [0, 0.1) is 3.57 Å². The number of esters is 1. The number of ether oxygens (including phenoxy) is 2. The lowest BCUT2D eigenvalue weighted by Crippen LogP contribution is -2.00. The fourth-order valence-electron chi connectivity index (χ4n) is 1.74. The molecule has 0 heterocycles. The minimum atomic E-state index is -0.369. The smallest absolute Gasteiger partial charge is 0.337 e. The molecule has 0 N–H and O–H groups in total. The van der Waals surface area contributed by atoms with E-state index in [9.17, 15) is 4.79 Å². The average molecular weight is 395 g/mol. The van der Waals surface area contributed by atoms with Gasteiger partial charge in [0.25, 0.3) is 0 Å². The number of nitrogens with zero attached hydrogens (tertiary/aromatic N) is 1. The van der Waals surface area contributed by atoms with Gasteiger partial charge in [-0.15, -0.1) is 0 Å². The SMILES string of the molecule is COC(=O)c1cccc(N=Cc2ccc(OC)c(I)c2)c1. The van der Waals surface area contributed by atoms with Gasteiger partial charge in [-0.2, -0.15) is 0 Å². The Hall–Kier alpha value is -1.89. The van der Waals surface area contributed by atoms with Crippen LogP contribution in [0.15, 0.2) is 47.5 Å². The summed E-state index contributed by atoms with van der Waals surface area (Å²) in [6, 6.07) is 12.8. The normalized spacial score (nSPS) is 10.6. The molecule has 21 heavy (non-hydrogen) atoms. The van der Waals surface area contributed by atoms with Crippen LogP contribution in [0.25, 0.3) is 0 Å². The molecule has 5 heteroatoms. The number of aliphatic imine (C=N–C) groups is 1. The van der Waals surface area contributed by atoms with Gasteiger partial charge in [-0.3, -0.25) is 4.99 Å². The topological polar surface area (TPSA) is 47.9 Å². The third-order valence-corrected chi connectivity index (χ3v) is 3.65. The Kier molecular flexibility index (Phi) is 5.32. The van der Waals surface area contributed by atoms with Gasteiger partial charge in [0.2, 0.25) is 0 Å². The number of halogens is 1. The van der Waals surface area contributed by atoms with E-state index >= 15 is 0 Å². The monoisotopic (exact) mass is 395 g/mol. The van der Waals surface area contributed by atoms with Crippen LogP contribution < -0.4 is 4.74 Å². The standard InChI is InChI=1S/C16H14INO3/c1-20-15-7-6-11(8-14(15)17)10-18-13-5-3-4-12(9-13)16(19)21-2/h3-10H,1-2H3. The van der Waals surface area contributed by atoms with E-state index < -0.39 is 0 Å². The Morgan fingerprint density at radius 3 is 2.67 bits per heavy atom. The van der Waals surface area contributed by atoms with Gasteiger partial charge >= 0.3 is 5.97 Å². The first-order valence-electron chi connectivity index (χ1n) is 6.20. The second-order valence-electron chi connectivity index (χ2n) is 4.19. The quantitative estimate of drug-likeness (QED) is 0.449. The number of carbonyl (C=O) groups excluding carboxylic acids is 1. The molecule has 0 aliphatic rings. The molecule has 108 valence electrons. The van der Waals surface area contributed by atoms with Crippen LogP contribution in [0.2, 0.25) is 0 Å². The van der Waals surface area contributed by atoms with Crippen molar-refractivity contribution < 1.29 is 14.3 Å². The Balaban J connectivity index is 2.21. The number of hydrogen-bond donors (Lipinski definition) is 0. The summed E-state index contributed by atoms with van der Waals surface area (Å²) < 4.78 is 10.9. The molecular weight excluding hydrogens is 381 g/mol. The zero-order chi connectivity index (χ0) is 15.2. The molecule has 0 saturated heterocycles. The minimum absolute atomic E-state index is 0.369. The number of hydrogen-bond acceptors (Lipinski definition) is 4. The van der Waals surface area contributed by atoms with Crippen LogP contribution in [0.4, 0.5) is 5.69 Å². The molecular formula is C16H14INO3. The fourth-order valence-corrected chi connectivity index (χ4v) is 2.50. The van der Waals surface area contributed by atoms with Gasteiger partial charge in [-0.05, 0) is 64.6 Å². The summed E-state index contributed by atoms with van der Waals surface area (Å²) >= 11 is 2.21. The van der Waals surface area contributed by atoms with Gasteiger partial charge in [0.1, 0.15) is 5.75 Å². The van der Waals surface area contributed by atoms with Crippen LogP contribution in [0.3, 0.4) is 0 Å². The molecule has 0 aliphatic heterocycles. The minimum Gasteiger partial charge on any atom is -0.496 e. The van der Waals surface area contributed by atoms with Crippen molar-refractivity contribution >= 4 is 40.5 Å². The van der Waals surface area contributed by atoms with Gasteiger partial charge in [-0.1, -0.05) is 6.07 Å². The van der Waals surface area contributed by atoms with Crippen LogP contribution >= 0.6 is 22.6 Å². The molecule has 0 atom stereocenters. The van der Waals surface area contributed by atoms with Crippen molar-refractivity contribution in [3.05, 3.63) is 57.2 Å². The van der Waals surface area contributed by atoms with E-state index in [1.807, 2.05) is 24.3 Å². The average Bonchev–Trinajstić information content (AvgIpc) is 2.52. The highest BCUT2D eigenvalue weighted by Crippen LogP contribution is 2.21. The Bertz CT molecular complexity index is 683. The molecule has 4 nitrogen and oxygen atoms in total. The van der Waals surface area contributed by atoms with Crippen LogP contribution in [-0.2, 0) is 4.74 Å². The zero-order valence-corrected chi connectivity index (χ0v) is 13.8. The Labute approximate surface area is 136 Å². The maximum Gasteiger partial charge on any atom is 0.337 e. The summed E-state index contributed by atoms with van der Waals surface area (Å²) in [5.41, 5.74) is 2.14. The maximum absolute atomic E-state index is 11.5. The van der Waals surface area contributed by atoms with Crippen molar-refractivity contribution in [3.63, 3.8) is 0 Å². The number of rotatable bonds is 4. The summed E-state index contributed by atoms with van der Waals surface area (Å²) in [5.74, 6) is 0.464. The Morgan fingerprint density at radius 2 is 2.00 bits per heavy atom. The molecule has 0 fully saturated rings. The van der Waals surface area contributed by atoms with Crippen LogP contribution in [0.1, 0.15) is 15.9 Å². The van der Waals surface area contributed by atoms with Gasteiger partial charge in [0.05, 0.1) is 29.0 Å². The van der Waals surface area contributed by atoms with E-state index in [0.717, 1.165) is 14.9 Å². The molecule has 0 radical (unpaired) electrons. The molecule has 0 bridgehead atoms. The molecule has 0 aliphatic carbocycles. The first kappa shape index (κ1) is 15.5. The summed E-state index contributed by atoms with van der Waals surface area (Å²) in [5, 5.41) is 0. The van der Waals surface area contributed by atoms with Crippen LogP contribution in [-0.4, -0.2) is 26.4 Å². The van der Waals surface area contributed by atoms with Gasteiger partial charge in [-0.25, -0.2) is 4.79 Å². The fraction of sp³-hybridized carbons (Fsp3) is 0.125. The summed E-state index contributed by atoms with van der Waals surface area (Å²) in [4.78, 5) is 15.8. The molecule has 0 unspecified atom stereocenters. The van der Waals surface area contributed by atoms with E-state index in [0.29, 0.717) is 11.3 Å². The van der Waals surface area contributed by atoms with E-state index in [4.69, 9.17) is 4.74 Å². The molecule has 2 aromatic carbocycles. The predicted octanol–water partition coefficient (Wildman–Crippen LogP) is 3.84. The lowest BCUT2D eigenvalue weighted by atomic mass is 10.2. The highest BCUT2D eigenvalue weighted by Gasteiger charge is 2.05. The van der Waals surface area contributed by atoms with Crippen LogP contribution in [0.5, 0.6) is 5.75 Å². The van der Waals surface area contributed by atoms with Crippen molar-refractivity contribution in [1.82, 2.24) is 0 Å². The van der Waals surface area contributed by atoms with Crippen molar-refractivity contribution in [1.29, 1.82) is 0 Å². The third kappa shape index (κ3) is 4.04. The third-order valence-electron chi connectivity index (χ3n) is 2.81. The summed E-state index contributed by atoms with van der Waals surface area (Å²) in [6.45, 7) is 0. The molecule has 0 spiro atoms. The van der Waals surface area contributed by atoms with Crippen molar-refractivity contribution in [3.8, 4) is 5.75 Å². The number of carbonyl (C=O) groups is 1. The molecule has 2 aromatic rings. The van der Waals surface area contributed by atoms with Crippen molar-refractivity contribution in [2.75, 3.05) is 14.2 Å². The molecule has 0 amide bonds. The van der Waals surface area contributed by atoms with Gasteiger partial charge in [0.15, 0.2) is 0 Å². The predicted molar refractivity (Wildman–Crippen MR) is 90.7 cm³/mol. The molecule has 0 aromatic heterocycles. The summed E-state index contributed by atoms with van der Waals surface area (Å²) in [7, 11) is 3.00. The maximum atomic E-state index is 11.5. The molecule has 2 rings (SSSR count). The summed E-state index contributed by atoms with van der Waals surface area (Å²) in [6.07, 6.45) is 1.75. The van der Waals surface area contributed by atoms with E-state index in [1.54, 1.807) is 31.5 Å². The Morgan fingerprint density at radius 1 is 1.19 bits per heavy atom. The number of methoxy groups -OCH3 is 2. The number of benzene rings is 2. The van der Waals surface area contributed by atoms with Gasteiger partial charge < -0.3 is 9.47 Å². The lowest BCUT2D eigenvalue weighted by molar-refractivity contribution is 0.0601. The van der Waals surface area contributed by atoms with Crippen molar-refractivity contribution in [2.24, 2.45) is 4.99 Å². The first-order chi connectivity index (χ1) is 10.1. The first-order valence-corrected chi connectivity index (χ1v) is 7.28. The van der Waals surface area contributed by atoms with E-state index in [-0.39, 0.29) is 5.97 Å². The van der Waals surface area contributed by atoms with Gasteiger partial charge in [0, 0.05) is 6.21 Å². The highest BCUT2D eigenvalue weighted by molar-refractivity contribution is 14.1. The lowest BCUT2D eigenvalue weighted by Gasteiger charge is -2.03. The highest BCUT2D eigenvalue weighted by atomic mass is 127.